The van der Waals surface area contributed by atoms with Gasteiger partial charge in [-0.25, -0.2) is 0 Å². The van der Waals surface area contributed by atoms with Crippen LogP contribution in [0.2, 0.25) is 0 Å². The summed E-state index contributed by atoms with van der Waals surface area (Å²) in [5.74, 6) is 1.32. The van der Waals surface area contributed by atoms with Gasteiger partial charge in [-0.1, -0.05) is 61.9 Å². The van der Waals surface area contributed by atoms with Gasteiger partial charge < -0.3 is 14.8 Å². The molecule has 3 aromatic rings. The van der Waals surface area contributed by atoms with E-state index in [4.69, 9.17) is 9.47 Å². The summed E-state index contributed by atoms with van der Waals surface area (Å²) < 4.78 is 11.7. The fourth-order valence-electron chi connectivity index (χ4n) is 3.04. The van der Waals surface area contributed by atoms with Crippen molar-refractivity contribution in [1.82, 2.24) is 0 Å². The number of nitrogens with one attached hydrogen (secondary N) is 1. The maximum Gasteiger partial charge on any atom is 0.248 e. The number of ether oxygens (including phenoxy) is 2. The Morgan fingerprint density at radius 3 is 2.48 bits per heavy atom. The van der Waals surface area contributed by atoms with Crippen LogP contribution in [0.3, 0.4) is 0 Å². The van der Waals surface area contributed by atoms with Gasteiger partial charge >= 0.3 is 0 Å². The lowest BCUT2D eigenvalue weighted by Gasteiger charge is -2.11. The molecule has 0 saturated carbocycles. The highest BCUT2D eigenvalue weighted by Gasteiger charge is 2.06. The minimum Gasteiger partial charge on any atom is -0.491 e. The van der Waals surface area contributed by atoms with E-state index in [1.54, 1.807) is 6.08 Å². The lowest BCUT2D eigenvalue weighted by Crippen LogP contribution is -2.09. The molecule has 3 aromatic carbocycles. The Morgan fingerprint density at radius 2 is 1.71 bits per heavy atom. The van der Waals surface area contributed by atoms with Crippen LogP contribution in [0.5, 0.6) is 11.5 Å². The van der Waals surface area contributed by atoms with E-state index < -0.39 is 0 Å². The van der Waals surface area contributed by atoms with E-state index >= 15 is 0 Å². The van der Waals surface area contributed by atoms with E-state index in [2.05, 4.69) is 12.2 Å². The molecule has 0 fully saturated rings. The molecule has 0 radical (unpaired) electrons. The van der Waals surface area contributed by atoms with Crippen molar-refractivity contribution >= 4 is 17.7 Å². The zero-order valence-corrected chi connectivity index (χ0v) is 18.1. The van der Waals surface area contributed by atoms with E-state index in [0.717, 1.165) is 35.3 Å². The summed E-state index contributed by atoms with van der Waals surface area (Å²) in [5, 5.41) is 2.90. The Kier molecular flexibility index (Phi) is 8.29. The minimum absolute atomic E-state index is 0.200. The molecule has 1 N–H and O–H groups in total. The van der Waals surface area contributed by atoms with Gasteiger partial charge in [-0.2, -0.15) is 0 Å². The zero-order valence-electron chi connectivity index (χ0n) is 18.1. The number of carbonyl (C=O) groups is 1. The van der Waals surface area contributed by atoms with Crippen LogP contribution in [-0.4, -0.2) is 12.5 Å². The van der Waals surface area contributed by atoms with Crippen LogP contribution in [0.25, 0.3) is 6.08 Å². The number of amides is 1. The lowest BCUT2D eigenvalue weighted by molar-refractivity contribution is -0.111. The maximum atomic E-state index is 12.4. The van der Waals surface area contributed by atoms with E-state index in [9.17, 15) is 4.79 Å². The molecule has 31 heavy (non-hydrogen) atoms. The predicted octanol–water partition coefficient (Wildman–Crippen LogP) is 6.40. The number of para-hydroxylation sites is 2. The first-order valence-corrected chi connectivity index (χ1v) is 10.6. The third kappa shape index (κ3) is 7.03. The number of anilines is 1. The summed E-state index contributed by atoms with van der Waals surface area (Å²) in [7, 11) is 0. The van der Waals surface area contributed by atoms with Crippen LogP contribution < -0.4 is 14.8 Å². The van der Waals surface area contributed by atoms with Crippen LogP contribution in [0, 0.1) is 6.92 Å². The molecular formula is C27H29NO3. The molecular weight excluding hydrogens is 386 g/mol. The Labute approximate surface area is 184 Å². The van der Waals surface area contributed by atoms with Crippen LogP contribution in [0.15, 0.2) is 78.9 Å². The summed E-state index contributed by atoms with van der Waals surface area (Å²) in [6.07, 6.45) is 5.37. The Morgan fingerprint density at radius 1 is 0.935 bits per heavy atom. The molecule has 0 aromatic heterocycles. The highest BCUT2D eigenvalue weighted by molar-refractivity contribution is 6.02. The zero-order chi connectivity index (χ0) is 21.9. The molecule has 4 heteroatoms. The van der Waals surface area contributed by atoms with Crippen molar-refractivity contribution in [3.8, 4) is 11.5 Å². The summed E-state index contributed by atoms with van der Waals surface area (Å²) in [5.41, 5.74) is 3.76. The van der Waals surface area contributed by atoms with Gasteiger partial charge in [-0.05, 0) is 60.4 Å². The van der Waals surface area contributed by atoms with Crippen molar-refractivity contribution in [2.45, 2.75) is 33.3 Å². The van der Waals surface area contributed by atoms with Gasteiger partial charge in [-0.15, -0.1) is 0 Å². The Balaban J connectivity index is 1.58. The van der Waals surface area contributed by atoms with Gasteiger partial charge in [0.25, 0.3) is 0 Å². The van der Waals surface area contributed by atoms with Crippen molar-refractivity contribution in [2.24, 2.45) is 0 Å². The summed E-state index contributed by atoms with van der Waals surface area (Å²) in [6, 6.07) is 23.4. The Bertz CT molecular complexity index is 1010. The number of aryl methyl sites for hydroxylation is 1. The summed E-state index contributed by atoms with van der Waals surface area (Å²) >= 11 is 0. The van der Waals surface area contributed by atoms with Gasteiger partial charge in [0, 0.05) is 6.08 Å². The topological polar surface area (TPSA) is 47.6 Å². The molecule has 160 valence electrons. The standard InChI is InChI=1S/C27H29NO3/c1-3-4-18-30-26-13-9-8-12-24(26)28-27(29)17-15-22-14-16-25(21(2)19-22)31-20-23-10-6-5-7-11-23/h5-17,19H,3-4,18,20H2,1-2H3,(H,28,29)/b17-15+. The van der Waals surface area contributed by atoms with Crippen LogP contribution in [0.4, 0.5) is 5.69 Å². The predicted molar refractivity (Wildman–Crippen MR) is 126 cm³/mol. The van der Waals surface area contributed by atoms with Gasteiger partial charge in [0.15, 0.2) is 0 Å². The average Bonchev–Trinajstić information content (AvgIpc) is 2.79. The quantitative estimate of drug-likeness (QED) is 0.308. The lowest BCUT2D eigenvalue weighted by atomic mass is 10.1. The monoisotopic (exact) mass is 415 g/mol. The van der Waals surface area contributed by atoms with E-state index in [0.29, 0.717) is 24.7 Å². The van der Waals surface area contributed by atoms with Crippen LogP contribution in [-0.2, 0) is 11.4 Å². The van der Waals surface area contributed by atoms with Crippen LogP contribution >= 0.6 is 0 Å². The largest absolute Gasteiger partial charge is 0.491 e. The molecule has 0 heterocycles. The van der Waals surface area contributed by atoms with Gasteiger partial charge in [0.1, 0.15) is 18.1 Å². The molecule has 0 aliphatic heterocycles. The first-order valence-electron chi connectivity index (χ1n) is 10.6. The molecule has 3 rings (SSSR count). The smallest absolute Gasteiger partial charge is 0.248 e. The van der Waals surface area contributed by atoms with Gasteiger partial charge in [0.05, 0.1) is 12.3 Å². The van der Waals surface area contributed by atoms with E-state index in [1.165, 1.54) is 6.08 Å². The number of hydrogen-bond acceptors (Lipinski definition) is 3. The van der Waals surface area contributed by atoms with Crippen molar-refractivity contribution in [3.05, 3.63) is 95.6 Å². The molecule has 0 aliphatic rings. The van der Waals surface area contributed by atoms with Crippen molar-refractivity contribution in [3.63, 3.8) is 0 Å². The Hall–Kier alpha value is -3.53. The second-order valence-electron chi connectivity index (χ2n) is 7.32. The first kappa shape index (κ1) is 22.2. The number of benzene rings is 3. The van der Waals surface area contributed by atoms with Gasteiger partial charge in [0.2, 0.25) is 5.91 Å². The number of unbranched alkanes of at least 4 members (excludes halogenated alkanes) is 1. The minimum atomic E-state index is -0.200. The highest BCUT2D eigenvalue weighted by Crippen LogP contribution is 2.24. The van der Waals surface area contributed by atoms with Crippen LogP contribution in [0.1, 0.15) is 36.5 Å². The van der Waals surface area contributed by atoms with E-state index in [1.807, 2.05) is 79.7 Å². The number of hydrogen-bond donors (Lipinski definition) is 1. The van der Waals surface area contributed by atoms with Crippen molar-refractivity contribution in [1.29, 1.82) is 0 Å². The third-order valence-electron chi connectivity index (χ3n) is 4.76. The van der Waals surface area contributed by atoms with E-state index in [-0.39, 0.29) is 5.91 Å². The molecule has 0 spiro atoms. The molecule has 4 nitrogen and oxygen atoms in total. The second-order valence-corrected chi connectivity index (χ2v) is 7.32. The molecule has 0 unspecified atom stereocenters. The maximum absolute atomic E-state index is 12.4. The number of rotatable bonds is 10. The molecule has 0 bridgehead atoms. The summed E-state index contributed by atoms with van der Waals surface area (Å²) in [4.78, 5) is 12.4. The fraction of sp³-hybridized carbons (Fsp3) is 0.222. The fourth-order valence-corrected chi connectivity index (χ4v) is 3.04. The summed E-state index contributed by atoms with van der Waals surface area (Å²) in [6.45, 7) is 5.28. The van der Waals surface area contributed by atoms with Crippen molar-refractivity contribution < 1.29 is 14.3 Å². The SMILES string of the molecule is CCCCOc1ccccc1NC(=O)/C=C/c1ccc(OCc2ccccc2)c(C)c1. The van der Waals surface area contributed by atoms with Gasteiger partial charge in [-0.3, -0.25) is 4.79 Å². The molecule has 0 aliphatic carbocycles. The van der Waals surface area contributed by atoms with Crippen molar-refractivity contribution in [2.75, 3.05) is 11.9 Å². The average molecular weight is 416 g/mol. The molecule has 1 amide bonds. The third-order valence-corrected chi connectivity index (χ3v) is 4.76. The highest BCUT2D eigenvalue weighted by atomic mass is 16.5. The normalized spacial score (nSPS) is 10.8. The number of carbonyl (C=O) groups excluding carboxylic acids is 1. The molecule has 0 saturated heterocycles. The first-order chi connectivity index (χ1) is 15.2. The second kappa shape index (κ2) is 11.6. The molecule has 0 atom stereocenters.